The van der Waals surface area contributed by atoms with E-state index in [1.54, 1.807) is 0 Å². The maximum absolute atomic E-state index is 11.5. The molecule has 7 atom stereocenters. The number of nitrogens with one attached hydrogen (secondary N) is 1. The highest BCUT2D eigenvalue weighted by molar-refractivity contribution is 5.79. The largest absolute Gasteiger partial charge is 0.481 e. The lowest BCUT2D eigenvalue weighted by atomic mass is 9.80. The molecule has 0 aromatic rings. The van der Waals surface area contributed by atoms with Gasteiger partial charge in [-0.2, -0.15) is 0 Å². The molecule has 0 aromatic heterocycles. The number of hydrogen-bond acceptors (Lipinski definition) is 7. The second-order valence-electron chi connectivity index (χ2n) is 6.08. The van der Waals surface area contributed by atoms with Crippen LogP contribution in [0.2, 0.25) is 0 Å². The van der Waals surface area contributed by atoms with E-state index in [0.717, 1.165) is 0 Å². The van der Waals surface area contributed by atoms with Crippen molar-refractivity contribution in [3.8, 4) is 0 Å². The van der Waals surface area contributed by atoms with Gasteiger partial charge in [-0.05, 0) is 6.42 Å². The summed E-state index contributed by atoms with van der Waals surface area (Å²) in [5.74, 6) is -2.92. The fourth-order valence-electron chi connectivity index (χ4n) is 3.90. The van der Waals surface area contributed by atoms with Gasteiger partial charge in [0.1, 0.15) is 23.9 Å². The second-order valence-corrected chi connectivity index (χ2v) is 6.08. The van der Waals surface area contributed by atoms with Gasteiger partial charge in [-0.25, -0.2) is 0 Å². The Morgan fingerprint density at radius 3 is 2.59 bits per heavy atom. The first-order valence-corrected chi connectivity index (χ1v) is 7.20. The third-order valence-corrected chi connectivity index (χ3v) is 4.86. The van der Waals surface area contributed by atoms with Crippen LogP contribution in [0.15, 0.2) is 0 Å². The summed E-state index contributed by atoms with van der Waals surface area (Å²) in [5, 5.41) is 41.3. The fourth-order valence-corrected chi connectivity index (χ4v) is 3.90. The number of ether oxygens (including phenoxy) is 2. The predicted octanol–water partition coefficient (Wildman–Crippen LogP) is -2.22. The van der Waals surface area contributed by atoms with E-state index in [0.29, 0.717) is 0 Å². The Bertz CT molecular complexity index is 485. The standard InChI is InChI=1S/C13H19NO8/c15-6-1-2-21-9-5-4-14-11(12(19)20)13(5,3-7(16)17)22-10(9)8(6)18/h5-6,8-11,14-15,18H,1-4H2,(H,16,17)(H,19,20)/t5-,6+,8+,9-,10-,11-,13+/m0/s1. The summed E-state index contributed by atoms with van der Waals surface area (Å²) in [7, 11) is 0. The lowest BCUT2D eigenvalue weighted by Crippen LogP contribution is -2.53. The molecular weight excluding hydrogens is 298 g/mol. The van der Waals surface area contributed by atoms with E-state index in [4.69, 9.17) is 14.6 Å². The second kappa shape index (κ2) is 5.43. The van der Waals surface area contributed by atoms with Gasteiger partial charge in [-0.3, -0.25) is 9.59 Å². The summed E-state index contributed by atoms with van der Waals surface area (Å²) in [4.78, 5) is 22.7. The quantitative estimate of drug-likeness (QED) is 0.391. The molecule has 9 heteroatoms. The van der Waals surface area contributed by atoms with Crippen LogP contribution < -0.4 is 5.32 Å². The molecule has 0 radical (unpaired) electrons. The van der Waals surface area contributed by atoms with Gasteiger partial charge in [0, 0.05) is 19.1 Å². The van der Waals surface area contributed by atoms with Crippen molar-refractivity contribution in [3.05, 3.63) is 0 Å². The number of fused-ring (bicyclic) bond motifs is 3. The van der Waals surface area contributed by atoms with Crippen molar-refractivity contribution in [1.82, 2.24) is 5.32 Å². The molecule has 3 rings (SSSR count). The van der Waals surface area contributed by atoms with Crippen molar-refractivity contribution in [1.29, 1.82) is 0 Å². The van der Waals surface area contributed by atoms with Crippen LogP contribution in [0.25, 0.3) is 0 Å². The lowest BCUT2D eigenvalue weighted by Gasteiger charge is -2.32. The monoisotopic (exact) mass is 317 g/mol. The zero-order valence-electron chi connectivity index (χ0n) is 11.7. The highest BCUT2D eigenvalue weighted by Crippen LogP contribution is 2.48. The van der Waals surface area contributed by atoms with Crippen LogP contribution in [-0.2, 0) is 19.1 Å². The summed E-state index contributed by atoms with van der Waals surface area (Å²) in [6.45, 7) is 0.411. The number of aliphatic carboxylic acids is 2. The van der Waals surface area contributed by atoms with Gasteiger partial charge < -0.3 is 35.2 Å². The van der Waals surface area contributed by atoms with E-state index in [-0.39, 0.29) is 19.6 Å². The highest BCUT2D eigenvalue weighted by Gasteiger charge is 2.67. The molecule has 3 heterocycles. The molecule has 124 valence electrons. The number of carboxylic acid groups (broad SMARTS) is 2. The minimum absolute atomic E-state index is 0.195. The Morgan fingerprint density at radius 1 is 1.23 bits per heavy atom. The van der Waals surface area contributed by atoms with Gasteiger partial charge in [0.25, 0.3) is 0 Å². The molecule has 0 aromatic carbocycles. The van der Waals surface area contributed by atoms with Crippen LogP contribution in [-0.4, -0.2) is 81.6 Å². The molecule has 22 heavy (non-hydrogen) atoms. The van der Waals surface area contributed by atoms with Crippen molar-refractivity contribution in [2.75, 3.05) is 13.2 Å². The van der Waals surface area contributed by atoms with Crippen LogP contribution in [0, 0.1) is 5.92 Å². The molecule has 0 unspecified atom stereocenters. The third-order valence-electron chi connectivity index (χ3n) is 4.86. The van der Waals surface area contributed by atoms with Gasteiger partial charge in [-0.15, -0.1) is 0 Å². The normalized spacial score (nSPS) is 47.5. The molecule has 3 aliphatic heterocycles. The number of aliphatic hydroxyl groups is 2. The van der Waals surface area contributed by atoms with Crippen LogP contribution in [0.3, 0.4) is 0 Å². The molecule has 0 spiro atoms. The first kappa shape index (κ1) is 15.6. The zero-order chi connectivity index (χ0) is 16.1. The molecule has 0 saturated carbocycles. The average molecular weight is 317 g/mol. The van der Waals surface area contributed by atoms with Crippen LogP contribution in [0.5, 0.6) is 0 Å². The molecule has 5 N–H and O–H groups in total. The minimum Gasteiger partial charge on any atom is -0.481 e. The molecule has 9 nitrogen and oxygen atoms in total. The Hall–Kier alpha value is -1.26. The maximum Gasteiger partial charge on any atom is 0.323 e. The summed E-state index contributed by atoms with van der Waals surface area (Å²) >= 11 is 0. The van der Waals surface area contributed by atoms with Crippen LogP contribution >= 0.6 is 0 Å². The predicted molar refractivity (Wildman–Crippen MR) is 69.1 cm³/mol. The number of carbonyl (C=O) groups is 2. The van der Waals surface area contributed by atoms with E-state index < -0.39 is 60.3 Å². The number of carboxylic acids is 2. The van der Waals surface area contributed by atoms with E-state index in [2.05, 4.69) is 5.32 Å². The van der Waals surface area contributed by atoms with Gasteiger partial charge in [0.15, 0.2) is 0 Å². The van der Waals surface area contributed by atoms with Crippen molar-refractivity contribution in [2.24, 2.45) is 5.92 Å². The molecule has 0 amide bonds. The van der Waals surface area contributed by atoms with Crippen molar-refractivity contribution >= 4 is 11.9 Å². The Balaban J connectivity index is 1.97. The number of rotatable bonds is 3. The molecule has 0 aliphatic carbocycles. The Kier molecular flexibility index (Phi) is 3.86. The summed E-state index contributed by atoms with van der Waals surface area (Å²) in [6.07, 6.45) is -4.15. The third kappa shape index (κ3) is 2.20. The zero-order valence-corrected chi connectivity index (χ0v) is 11.7. The van der Waals surface area contributed by atoms with E-state index in [9.17, 15) is 24.9 Å². The molecule has 3 fully saturated rings. The molecule has 0 bridgehead atoms. The van der Waals surface area contributed by atoms with Gasteiger partial charge in [0.2, 0.25) is 0 Å². The van der Waals surface area contributed by atoms with Crippen LogP contribution in [0.1, 0.15) is 12.8 Å². The van der Waals surface area contributed by atoms with E-state index in [1.165, 1.54) is 0 Å². The first-order valence-electron chi connectivity index (χ1n) is 7.20. The summed E-state index contributed by atoms with van der Waals surface area (Å²) in [5.41, 5.74) is -1.50. The topological polar surface area (TPSA) is 146 Å². The van der Waals surface area contributed by atoms with Gasteiger partial charge in [-0.1, -0.05) is 0 Å². The maximum atomic E-state index is 11.5. The number of hydrogen-bond donors (Lipinski definition) is 5. The SMILES string of the molecule is O=C(O)C[C@@]12O[C@H]3[C@H](O)[C@H](O)CCO[C@H]3[C@@H]1CN[C@H]2C(=O)O. The average Bonchev–Trinajstić information content (AvgIpc) is 2.87. The Morgan fingerprint density at radius 2 is 1.95 bits per heavy atom. The van der Waals surface area contributed by atoms with Gasteiger partial charge >= 0.3 is 11.9 Å². The molecule has 3 aliphatic rings. The lowest BCUT2D eigenvalue weighted by molar-refractivity contribution is -0.166. The molecule has 3 saturated heterocycles. The van der Waals surface area contributed by atoms with E-state index >= 15 is 0 Å². The minimum atomic E-state index is -1.50. The number of aliphatic hydroxyl groups excluding tert-OH is 2. The fraction of sp³-hybridized carbons (Fsp3) is 0.846. The van der Waals surface area contributed by atoms with Crippen molar-refractivity contribution < 1.29 is 39.5 Å². The van der Waals surface area contributed by atoms with Crippen LogP contribution in [0.4, 0.5) is 0 Å². The summed E-state index contributed by atoms with van der Waals surface area (Å²) in [6, 6.07) is -1.20. The summed E-state index contributed by atoms with van der Waals surface area (Å²) < 4.78 is 11.4. The molecular formula is C13H19NO8. The van der Waals surface area contributed by atoms with Crippen molar-refractivity contribution in [2.45, 2.75) is 48.9 Å². The highest BCUT2D eigenvalue weighted by atomic mass is 16.6. The first-order chi connectivity index (χ1) is 10.4. The van der Waals surface area contributed by atoms with E-state index in [1.807, 2.05) is 0 Å². The van der Waals surface area contributed by atoms with Gasteiger partial charge in [0.05, 0.1) is 18.6 Å². The van der Waals surface area contributed by atoms with Crippen molar-refractivity contribution in [3.63, 3.8) is 0 Å². The Labute approximate surface area is 125 Å². The smallest absolute Gasteiger partial charge is 0.323 e.